The molecule has 0 unspecified atom stereocenters. The number of amides is 1. The molecule has 0 bridgehead atoms. The minimum Gasteiger partial charge on any atom is -0.483 e. The van der Waals surface area contributed by atoms with Gasteiger partial charge in [-0.05, 0) is 100 Å². The van der Waals surface area contributed by atoms with Gasteiger partial charge in [0.05, 0.1) is 22.8 Å². The molecule has 9 nitrogen and oxygen atoms in total. The average Bonchev–Trinajstić information content (AvgIpc) is 3.13. The second-order valence-electron chi connectivity index (χ2n) is 12.3. The topological polar surface area (TPSA) is 105 Å². The molecule has 42 heavy (non-hydrogen) atoms. The quantitative estimate of drug-likeness (QED) is 0.510. The van der Waals surface area contributed by atoms with Crippen LogP contribution in [0.15, 0.2) is 18.5 Å². The SMILES string of the molecule is CC#CC(=O)N1CCC(C2CCC(c3cc(C)c4c(c3)Nc3ncnc(N5CCS(=O)(=O)CC5)c3[C@@H](C)O4)CC2)CC1. The molecule has 1 aromatic heterocycles. The highest BCUT2D eigenvalue weighted by molar-refractivity contribution is 7.91. The Morgan fingerprint density at radius 3 is 2.38 bits per heavy atom. The van der Waals surface area contributed by atoms with Crippen LogP contribution in [0.1, 0.15) is 81.1 Å². The van der Waals surface area contributed by atoms with Gasteiger partial charge < -0.3 is 19.9 Å². The number of carbonyl (C=O) groups excluding carboxylic acids is 1. The summed E-state index contributed by atoms with van der Waals surface area (Å²) >= 11 is 0. The molecule has 4 heterocycles. The van der Waals surface area contributed by atoms with Crippen molar-refractivity contribution in [1.82, 2.24) is 14.9 Å². The van der Waals surface area contributed by atoms with E-state index >= 15 is 0 Å². The van der Waals surface area contributed by atoms with Crippen LogP contribution in [0.25, 0.3) is 0 Å². The fraction of sp³-hybridized carbons (Fsp3) is 0.594. The highest BCUT2D eigenvalue weighted by Crippen LogP contribution is 2.47. The molecule has 6 rings (SSSR count). The molecule has 10 heteroatoms. The van der Waals surface area contributed by atoms with Gasteiger partial charge in [-0.25, -0.2) is 18.4 Å². The van der Waals surface area contributed by atoms with E-state index in [9.17, 15) is 13.2 Å². The third-order valence-electron chi connectivity index (χ3n) is 9.73. The van der Waals surface area contributed by atoms with Crippen LogP contribution in [-0.2, 0) is 14.6 Å². The van der Waals surface area contributed by atoms with Gasteiger partial charge in [-0.3, -0.25) is 4.79 Å². The van der Waals surface area contributed by atoms with Crippen molar-refractivity contribution in [3.05, 3.63) is 35.2 Å². The molecule has 3 aliphatic heterocycles. The number of benzene rings is 1. The van der Waals surface area contributed by atoms with Crippen LogP contribution in [0.5, 0.6) is 5.75 Å². The molecular weight excluding hydrogens is 550 g/mol. The first-order chi connectivity index (χ1) is 20.2. The van der Waals surface area contributed by atoms with Gasteiger partial charge in [-0.1, -0.05) is 12.0 Å². The number of nitrogens with one attached hydrogen (secondary N) is 1. The second-order valence-corrected chi connectivity index (χ2v) is 14.6. The van der Waals surface area contributed by atoms with Crippen molar-refractivity contribution in [1.29, 1.82) is 0 Å². The summed E-state index contributed by atoms with van der Waals surface area (Å²) in [7, 11) is -3.00. The van der Waals surface area contributed by atoms with E-state index in [1.807, 2.05) is 16.7 Å². The van der Waals surface area contributed by atoms with Gasteiger partial charge in [-0.15, -0.1) is 0 Å². The molecule has 2 aromatic rings. The largest absolute Gasteiger partial charge is 0.483 e. The normalized spacial score (nSPS) is 25.5. The van der Waals surface area contributed by atoms with Crippen molar-refractivity contribution in [2.45, 2.75) is 71.3 Å². The molecular formula is C32H41N5O4S. The molecule has 2 saturated heterocycles. The zero-order valence-corrected chi connectivity index (χ0v) is 25.7. The molecule has 0 radical (unpaired) electrons. The number of likely N-dealkylation sites (tertiary alicyclic amines) is 1. The lowest BCUT2D eigenvalue weighted by atomic mass is 9.71. The molecule has 3 fully saturated rings. The third kappa shape index (κ3) is 5.81. The zero-order chi connectivity index (χ0) is 29.4. The second kappa shape index (κ2) is 11.8. The van der Waals surface area contributed by atoms with Crippen molar-refractivity contribution < 1.29 is 17.9 Å². The van der Waals surface area contributed by atoms with Gasteiger partial charge in [0.15, 0.2) is 9.84 Å². The smallest absolute Gasteiger partial charge is 0.298 e. The van der Waals surface area contributed by atoms with Gasteiger partial charge in [0, 0.05) is 26.2 Å². The van der Waals surface area contributed by atoms with E-state index in [1.54, 1.807) is 13.3 Å². The number of aromatic nitrogens is 2. The van der Waals surface area contributed by atoms with Crippen molar-refractivity contribution in [3.8, 4) is 17.6 Å². The van der Waals surface area contributed by atoms with Gasteiger partial charge in [0.25, 0.3) is 5.91 Å². The molecule has 1 saturated carbocycles. The van der Waals surface area contributed by atoms with Crippen LogP contribution in [-0.4, -0.2) is 66.9 Å². The van der Waals surface area contributed by atoms with E-state index in [0.29, 0.717) is 24.9 Å². The molecule has 224 valence electrons. The number of hydrogen-bond acceptors (Lipinski definition) is 8. The van der Waals surface area contributed by atoms with Crippen molar-refractivity contribution in [2.75, 3.05) is 47.9 Å². The predicted octanol–water partition coefficient (Wildman–Crippen LogP) is 4.75. The lowest BCUT2D eigenvalue weighted by Crippen LogP contribution is -2.41. The summed E-state index contributed by atoms with van der Waals surface area (Å²) in [4.78, 5) is 25.3. The monoisotopic (exact) mass is 591 g/mol. The fourth-order valence-electron chi connectivity index (χ4n) is 7.37. The van der Waals surface area contributed by atoms with E-state index in [2.05, 4.69) is 46.2 Å². The number of hydrogen-bond donors (Lipinski definition) is 1. The summed E-state index contributed by atoms with van der Waals surface area (Å²) in [5.74, 6) is 9.87. The summed E-state index contributed by atoms with van der Waals surface area (Å²) in [6.45, 7) is 8.33. The number of rotatable bonds is 3. The number of nitrogens with zero attached hydrogens (tertiary/aromatic N) is 4. The third-order valence-corrected chi connectivity index (χ3v) is 11.3. The maximum Gasteiger partial charge on any atom is 0.298 e. The Bertz CT molecular complexity index is 1500. The van der Waals surface area contributed by atoms with E-state index in [-0.39, 0.29) is 23.5 Å². The first-order valence-electron chi connectivity index (χ1n) is 15.3. The number of anilines is 3. The predicted molar refractivity (Wildman–Crippen MR) is 164 cm³/mol. The van der Waals surface area contributed by atoms with Gasteiger partial charge >= 0.3 is 0 Å². The zero-order valence-electron chi connectivity index (χ0n) is 24.9. The minimum atomic E-state index is -3.00. The molecule has 1 aromatic carbocycles. The molecule has 1 atom stereocenters. The van der Waals surface area contributed by atoms with Crippen LogP contribution < -0.4 is 15.0 Å². The number of sulfone groups is 1. The Labute approximate surface area is 249 Å². The summed E-state index contributed by atoms with van der Waals surface area (Å²) in [6.07, 6.45) is 8.21. The van der Waals surface area contributed by atoms with E-state index in [0.717, 1.165) is 66.0 Å². The van der Waals surface area contributed by atoms with E-state index < -0.39 is 9.84 Å². The Kier molecular flexibility index (Phi) is 8.05. The Morgan fingerprint density at radius 1 is 1.00 bits per heavy atom. The average molecular weight is 592 g/mol. The van der Waals surface area contributed by atoms with Crippen LogP contribution in [0.2, 0.25) is 0 Å². The number of carbonyl (C=O) groups is 1. The Hall–Kier alpha value is -3.32. The maximum absolute atomic E-state index is 12.1. The molecule has 0 spiro atoms. The first-order valence-corrected chi connectivity index (χ1v) is 17.1. The van der Waals surface area contributed by atoms with Crippen LogP contribution in [0, 0.1) is 30.6 Å². The lowest BCUT2D eigenvalue weighted by molar-refractivity contribution is -0.126. The van der Waals surface area contributed by atoms with E-state index in [4.69, 9.17) is 4.74 Å². The number of aryl methyl sites for hydroxylation is 1. The van der Waals surface area contributed by atoms with Crippen LogP contribution >= 0.6 is 0 Å². The fourth-order valence-corrected chi connectivity index (χ4v) is 8.57. The Balaban J connectivity index is 1.15. The van der Waals surface area contributed by atoms with Gasteiger partial charge in [0.2, 0.25) is 0 Å². The number of piperidine rings is 1. The Morgan fingerprint density at radius 2 is 1.69 bits per heavy atom. The molecule has 1 N–H and O–H groups in total. The van der Waals surface area contributed by atoms with Crippen molar-refractivity contribution >= 4 is 33.1 Å². The first kappa shape index (κ1) is 28.8. The summed E-state index contributed by atoms with van der Waals surface area (Å²) < 4.78 is 30.6. The maximum atomic E-state index is 12.1. The van der Waals surface area contributed by atoms with E-state index in [1.165, 1.54) is 31.2 Å². The standard InChI is InChI=1S/C32H41N5O4S/c1-4-5-28(38)36-12-10-25(11-13-36)23-6-8-24(9-7-23)26-18-21(2)30-27(19-26)35-31-29(22(3)41-30)32(34-20-33-31)37-14-16-42(39,40)17-15-37/h18-20,22-25H,6-17H2,1-3H3,(H,33,34,35)/t22-,23?,24?/m1/s1. The van der Waals surface area contributed by atoms with Crippen molar-refractivity contribution in [3.63, 3.8) is 0 Å². The van der Waals surface area contributed by atoms with Gasteiger partial charge in [-0.2, -0.15) is 0 Å². The summed E-state index contributed by atoms with van der Waals surface area (Å²) in [6, 6.07) is 4.53. The molecule has 1 amide bonds. The van der Waals surface area contributed by atoms with Gasteiger partial charge in [0.1, 0.15) is 29.8 Å². The number of fused-ring (bicyclic) bond motifs is 2. The summed E-state index contributed by atoms with van der Waals surface area (Å²) in [5, 5.41) is 3.57. The molecule has 1 aliphatic carbocycles. The molecule has 4 aliphatic rings. The highest BCUT2D eigenvalue weighted by Gasteiger charge is 2.34. The highest BCUT2D eigenvalue weighted by atomic mass is 32.2. The van der Waals surface area contributed by atoms with Crippen LogP contribution in [0.3, 0.4) is 0 Å². The minimum absolute atomic E-state index is 0.0301. The van der Waals surface area contributed by atoms with Crippen molar-refractivity contribution in [2.24, 2.45) is 11.8 Å². The number of ether oxygens (including phenoxy) is 1. The lowest BCUT2D eigenvalue weighted by Gasteiger charge is -2.39. The summed E-state index contributed by atoms with van der Waals surface area (Å²) in [5.41, 5.74) is 4.23. The van der Waals surface area contributed by atoms with Crippen LogP contribution in [0.4, 0.5) is 17.3 Å².